The van der Waals surface area contributed by atoms with Crippen molar-refractivity contribution in [3.8, 4) is 0 Å². The van der Waals surface area contributed by atoms with Gasteiger partial charge in [-0.25, -0.2) is 0 Å². The molecule has 2 atom stereocenters. The molecule has 0 saturated carbocycles. The zero-order valence-electron chi connectivity index (χ0n) is 23.8. The summed E-state index contributed by atoms with van der Waals surface area (Å²) in [4.78, 5) is 9.71. The number of aryl methyl sites for hydroxylation is 1. The van der Waals surface area contributed by atoms with Crippen LogP contribution in [0.1, 0.15) is 71.3 Å². The minimum absolute atomic E-state index is 0.0156. The SMILES string of the molecule is CCCCc1ccc2c(c1)N(C(CCS(=O)(=O)O)C1N(CCCC)C=CCN1CCCC)c1ccccc1S2. The molecule has 8 heteroatoms. The van der Waals surface area contributed by atoms with Gasteiger partial charge >= 0.3 is 0 Å². The number of hydrogen-bond acceptors (Lipinski definition) is 6. The Labute approximate surface area is 240 Å². The molecule has 6 nitrogen and oxygen atoms in total. The maximum absolute atomic E-state index is 12.2. The predicted octanol–water partition coefficient (Wildman–Crippen LogP) is 7.34. The zero-order valence-corrected chi connectivity index (χ0v) is 25.4. The van der Waals surface area contributed by atoms with E-state index in [-0.39, 0.29) is 18.0 Å². The van der Waals surface area contributed by atoms with E-state index in [1.165, 1.54) is 15.4 Å². The van der Waals surface area contributed by atoms with Crippen LogP contribution in [0.4, 0.5) is 11.4 Å². The molecule has 2 heterocycles. The molecule has 0 spiro atoms. The zero-order chi connectivity index (χ0) is 27.8. The molecule has 0 radical (unpaired) electrons. The van der Waals surface area contributed by atoms with Gasteiger partial charge in [-0.2, -0.15) is 8.42 Å². The monoisotopic (exact) mass is 571 g/mol. The van der Waals surface area contributed by atoms with Crippen molar-refractivity contribution in [3.05, 3.63) is 60.3 Å². The standard InChI is InChI=1S/C31H45N3O3S2/c1-4-7-13-25-16-17-30-28(24-25)34(26-14-10-11-15-29(26)38-30)27(18-23-39(35,36)37)31-32(19-8-5-2)21-12-22-33(31)20-9-6-3/h10-12,14-17,21,24,27,31H,4-9,13,18-20,22-23H2,1-3H3,(H,35,36,37). The van der Waals surface area contributed by atoms with Crippen LogP contribution in [0.15, 0.2) is 64.5 Å². The van der Waals surface area contributed by atoms with Gasteiger partial charge in [0.25, 0.3) is 10.1 Å². The number of benzene rings is 2. The van der Waals surface area contributed by atoms with Crippen LogP contribution in [0.3, 0.4) is 0 Å². The molecule has 39 heavy (non-hydrogen) atoms. The van der Waals surface area contributed by atoms with Crippen molar-refractivity contribution in [2.24, 2.45) is 0 Å². The molecule has 2 aromatic carbocycles. The molecule has 2 aromatic rings. The number of para-hydroxylation sites is 1. The van der Waals surface area contributed by atoms with Crippen LogP contribution in [0.2, 0.25) is 0 Å². The molecule has 0 aromatic heterocycles. The largest absolute Gasteiger partial charge is 0.360 e. The van der Waals surface area contributed by atoms with Crippen molar-refractivity contribution in [2.45, 2.75) is 94.1 Å². The first kappa shape index (κ1) is 30.0. The van der Waals surface area contributed by atoms with Gasteiger partial charge in [0.1, 0.15) is 6.17 Å². The van der Waals surface area contributed by atoms with Crippen molar-refractivity contribution in [1.29, 1.82) is 0 Å². The Kier molecular flexibility index (Phi) is 10.8. The summed E-state index contributed by atoms with van der Waals surface area (Å²) in [5, 5.41) is 0. The Bertz CT molecular complexity index is 1220. The molecule has 0 saturated heterocycles. The van der Waals surface area contributed by atoms with E-state index < -0.39 is 10.1 Å². The number of nitrogens with zero attached hydrogens (tertiary/aromatic N) is 3. The van der Waals surface area contributed by atoms with E-state index in [9.17, 15) is 13.0 Å². The highest BCUT2D eigenvalue weighted by Crippen LogP contribution is 2.50. The lowest BCUT2D eigenvalue weighted by Crippen LogP contribution is -2.60. The van der Waals surface area contributed by atoms with Gasteiger partial charge in [0.05, 0.1) is 23.2 Å². The molecule has 214 valence electrons. The second-order valence-electron chi connectivity index (χ2n) is 10.7. The predicted molar refractivity (Wildman–Crippen MR) is 164 cm³/mol. The first-order chi connectivity index (χ1) is 18.9. The molecule has 4 rings (SSSR count). The lowest BCUT2D eigenvalue weighted by Gasteiger charge is -2.51. The van der Waals surface area contributed by atoms with Gasteiger partial charge in [0.2, 0.25) is 0 Å². The van der Waals surface area contributed by atoms with Crippen molar-refractivity contribution in [2.75, 3.05) is 30.3 Å². The summed E-state index contributed by atoms with van der Waals surface area (Å²) in [6.07, 6.45) is 12.4. The fraction of sp³-hybridized carbons (Fsp3) is 0.548. The average Bonchev–Trinajstić information content (AvgIpc) is 2.93. The summed E-state index contributed by atoms with van der Waals surface area (Å²) in [7, 11) is -4.13. The highest BCUT2D eigenvalue weighted by molar-refractivity contribution is 7.99. The molecule has 2 unspecified atom stereocenters. The molecular formula is C31H45N3O3S2. The lowest BCUT2D eigenvalue weighted by atomic mass is 10.0. The number of hydrogen-bond donors (Lipinski definition) is 1. The van der Waals surface area contributed by atoms with Gasteiger partial charge in [-0.3, -0.25) is 9.45 Å². The lowest BCUT2D eigenvalue weighted by molar-refractivity contribution is 0.0489. The van der Waals surface area contributed by atoms with E-state index in [2.05, 4.69) is 90.2 Å². The van der Waals surface area contributed by atoms with Crippen LogP contribution in [0.25, 0.3) is 0 Å². The van der Waals surface area contributed by atoms with Gasteiger partial charge in [-0.05, 0) is 68.1 Å². The van der Waals surface area contributed by atoms with Crippen LogP contribution in [0.5, 0.6) is 0 Å². The number of unbranched alkanes of at least 4 members (excludes halogenated alkanes) is 3. The highest BCUT2D eigenvalue weighted by Gasteiger charge is 2.40. The fourth-order valence-electron chi connectivity index (χ4n) is 5.72. The first-order valence-corrected chi connectivity index (χ1v) is 17.1. The number of fused-ring (bicyclic) bond motifs is 2. The summed E-state index contributed by atoms with van der Waals surface area (Å²) in [5.74, 6) is -0.266. The third-order valence-corrected chi connectivity index (χ3v) is 9.60. The van der Waals surface area contributed by atoms with Crippen LogP contribution in [-0.2, 0) is 16.5 Å². The molecule has 0 amide bonds. The van der Waals surface area contributed by atoms with E-state index in [1.807, 2.05) is 0 Å². The second kappa shape index (κ2) is 14.1. The van der Waals surface area contributed by atoms with Crippen molar-refractivity contribution >= 4 is 33.3 Å². The van der Waals surface area contributed by atoms with Gasteiger partial charge < -0.3 is 9.80 Å². The van der Waals surface area contributed by atoms with Crippen LogP contribution in [-0.4, -0.2) is 60.4 Å². The Balaban J connectivity index is 1.87. The highest BCUT2D eigenvalue weighted by atomic mass is 32.2. The molecular weight excluding hydrogens is 526 g/mol. The van der Waals surface area contributed by atoms with E-state index in [1.54, 1.807) is 11.8 Å². The minimum Gasteiger partial charge on any atom is -0.360 e. The van der Waals surface area contributed by atoms with Crippen molar-refractivity contribution in [1.82, 2.24) is 9.80 Å². The van der Waals surface area contributed by atoms with Crippen LogP contribution >= 0.6 is 11.8 Å². The van der Waals surface area contributed by atoms with Gasteiger partial charge in [-0.1, -0.05) is 76.1 Å². The van der Waals surface area contributed by atoms with Gasteiger partial charge in [-0.15, -0.1) is 0 Å². The van der Waals surface area contributed by atoms with Crippen molar-refractivity contribution in [3.63, 3.8) is 0 Å². The molecule has 2 aliphatic heterocycles. The van der Waals surface area contributed by atoms with E-state index in [0.717, 1.165) is 76.0 Å². The number of rotatable bonds is 14. The van der Waals surface area contributed by atoms with E-state index in [0.29, 0.717) is 6.42 Å². The summed E-state index contributed by atoms with van der Waals surface area (Å²) in [5.41, 5.74) is 3.57. The molecule has 0 aliphatic carbocycles. The molecule has 0 bridgehead atoms. The summed E-state index contributed by atoms with van der Waals surface area (Å²) < 4.78 is 34.2. The Morgan fingerprint density at radius 2 is 1.67 bits per heavy atom. The summed E-state index contributed by atoms with van der Waals surface area (Å²) in [6.45, 7) is 9.34. The van der Waals surface area contributed by atoms with Crippen LogP contribution in [0, 0.1) is 0 Å². The third kappa shape index (κ3) is 7.60. The second-order valence-corrected chi connectivity index (χ2v) is 13.4. The first-order valence-electron chi connectivity index (χ1n) is 14.7. The van der Waals surface area contributed by atoms with Crippen molar-refractivity contribution < 1.29 is 13.0 Å². The molecule has 0 fully saturated rings. The third-order valence-electron chi connectivity index (χ3n) is 7.71. The summed E-state index contributed by atoms with van der Waals surface area (Å²) in [6, 6.07) is 15.1. The maximum Gasteiger partial charge on any atom is 0.264 e. The van der Waals surface area contributed by atoms with Gasteiger partial charge in [0.15, 0.2) is 0 Å². The Hall–Kier alpha value is -2.00. The van der Waals surface area contributed by atoms with Gasteiger partial charge in [0, 0.05) is 29.4 Å². The number of anilines is 2. The normalized spacial score (nSPS) is 18.2. The van der Waals surface area contributed by atoms with E-state index in [4.69, 9.17) is 0 Å². The maximum atomic E-state index is 12.2. The Morgan fingerprint density at radius 3 is 2.41 bits per heavy atom. The average molecular weight is 572 g/mol. The smallest absolute Gasteiger partial charge is 0.264 e. The minimum atomic E-state index is -4.13. The molecule has 2 aliphatic rings. The fourth-order valence-corrected chi connectivity index (χ4v) is 7.32. The quantitative estimate of drug-likeness (QED) is 0.238. The van der Waals surface area contributed by atoms with Crippen LogP contribution < -0.4 is 4.90 Å². The van der Waals surface area contributed by atoms with E-state index >= 15 is 0 Å². The topological polar surface area (TPSA) is 64.1 Å². The summed E-state index contributed by atoms with van der Waals surface area (Å²) >= 11 is 1.79. The molecule has 1 N–H and O–H groups in total. The Morgan fingerprint density at radius 1 is 0.949 bits per heavy atom.